The van der Waals surface area contributed by atoms with Gasteiger partial charge in [0.2, 0.25) is 5.91 Å². The van der Waals surface area contributed by atoms with Crippen LogP contribution in [0.3, 0.4) is 0 Å². The van der Waals surface area contributed by atoms with Crippen LogP contribution in [0.25, 0.3) is 0 Å². The predicted octanol–water partition coefficient (Wildman–Crippen LogP) is 1.63. The molecule has 19 heavy (non-hydrogen) atoms. The molecule has 0 saturated carbocycles. The Kier molecular flexibility index (Phi) is 5.96. The lowest BCUT2D eigenvalue weighted by Crippen LogP contribution is -2.29. The summed E-state index contributed by atoms with van der Waals surface area (Å²) in [5.41, 5.74) is -0.495. The molecule has 2 N–H and O–H groups in total. The second-order valence-corrected chi connectivity index (χ2v) is 5.52. The van der Waals surface area contributed by atoms with Crippen molar-refractivity contribution in [1.82, 2.24) is 4.98 Å². The number of carbonyl (C=O) groups excluding carboxylic acids is 1. The minimum absolute atomic E-state index is 0.0432. The van der Waals surface area contributed by atoms with E-state index >= 15 is 0 Å². The van der Waals surface area contributed by atoms with E-state index in [1.165, 1.54) is 11.3 Å². The van der Waals surface area contributed by atoms with E-state index in [4.69, 9.17) is 9.84 Å². The maximum atomic E-state index is 11.8. The normalized spacial score (nSPS) is 10.7. The standard InChI is InChI=1S/C13H18N2O3S/c1-13(2,18-3)8-11(17)15-12-14-9-10(19-12)6-4-5-7-16/h9,16H,5,7-8H2,1-3H3,(H,14,15,17). The van der Waals surface area contributed by atoms with Crippen molar-refractivity contribution in [2.75, 3.05) is 19.0 Å². The Labute approximate surface area is 117 Å². The minimum Gasteiger partial charge on any atom is -0.395 e. The number of aliphatic hydroxyl groups is 1. The van der Waals surface area contributed by atoms with E-state index in [1.807, 2.05) is 13.8 Å². The summed E-state index contributed by atoms with van der Waals surface area (Å²) in [4.78, 5) is 16.6. The highest BCUT2D eigenvalue weighted by Gasteiger charge is 2.21. The molecule has 6 heteroatoms. The smallest absolute Gasteiger partial charge is 0.229 e. The number of carbonyl (C=O) groups is 1. The zero-order chi connectivity index (χ0) is 14.3. The fraction of sp³-hybridized carbons (Fsp3) is 0.538. The van der Waals surface area contributed by atoms with E-state index in [2.05, 4.69) is 22.1 Å². The topological polar surface area (TPSA) is 71.5 Å². The van der Waals surface area contributed by atoms with Crippen LogP contribution >= 0.6 is 11.3 Å². The van der Waals surface area contributed by atoms with Crippen molar-refractivity contribution in [2.24, 2.45) is 0 Å². The average Bonchev–Trinajstić information content (AvgIpc) is 2.76. The number of nitrogens with one attached hydrogen (secondary N) is 1. The molecule has 104 valence electrons. The quantitative estimate of drug-likeness (QED) is 0.805. The number of methoxy groups -OCH3 is 1. The van der Waals surface area contributed by atoms with E-state index in [9.17, 15) is 4.79 Å². The molecule has 0 unspecified atom stereocenters. The third-order valence-electron chi connectivity index (χ3n) is 2.34. The summed E-state index contributed by atoms with van der Waals surface area (Å²) in [5, 5.41) is 11.8. The van der Waals surface area contributed by atoms with Gasteiger partial charge in [-0.1, -0.05) is 23.2 Å². The molecular weight excluding hydrogens is 264 g/mol. The Bertz CT molecular complexity index is 486. The molecular formula is C13H18N2O3S. The first-order valence-corrected chi connectivity index (χ1v) is 6.69. The Morgan fingerprint density at radius 2 is 2.37 bits per heavy atom. The van der Waals surface area contributed by atoms with Gasteiger partial charge in [-0.3, -0.25) is 4.79 Å². The highest BCUT2D eigenvalue weighted by molar-refractivity contribution is 7.16. The number of rotatable bonds is 5. The summed E-state index contributed by atoms with van der Waals surface area (Å²) in [5.74, 6) is 5.53. The molecule has 1 aromatic heterocycles. The van der Waals surface area contributed by atoms with E-state index in [1.54, 1.807) is 13.3 Å². The van der Waals surface area contributed by atoms with Crippen molar-refractivity contribution in [2.45, 2.75) is 32.3 Å². The van der Waals surface area contributed by atoms with Crippen molar-refractivity contribution in [3.8, 4) is 11.8 Å². The number of ether oxygens (including phenoxy) is 1. The summed E-state index contributed by atoms with van der Waals surface area (Å²) < 4.78 is 5.19. The van der Waals surface area contributed by atoms with Gasteiger partial charge in [0.15, 0.2) is 5.13 Å². The molecule has 1 amide bonds. The van der Waals surface area contributed by atoms with Gasteiger partial charge in [-0.15, -0.1) is 0 Å². The van der Waals surface area contributed by atoms with Crippen LogP contribution in [0.5, 0.6) is 0 Å². The van der Waals surface area contributed by atoms with E-state index in [-0.39, 0.29) is 18.9 Å². The molecule has 1 heterocycles. The van der Waals surface area contributed by atoms with Gasteiger partial charge in [0.1, 0.15) is 0 Å². The van der Waals surface area contributed by atoms with E-state index in [0.717, 1.165) is 4.88 Å². The Morgan fingerprint density at radius 3 is 3.00 bits per heavy atom. The first kappa shape index (κ1) is 15.6. The van der Waals surface area contributed by atoms with Crippen LogP contribution in [0.2, 0.25) is 0 Å². The number of anilines is 1. The molecule has 0 fully saturated rings. The van der Waals surface area contributed by atoms with Gasteiger partial charge < -0.3 is 15.2 Å². The van der Waals surface area contributed by atoms with Gasteiger partial charge in [0.05, 0.1) is 29.7 Å². The highest BCUT2D eigenvalue weighted by atomic mass is 32.1. The molecule has 0 radical (unpaired) electrons. The fourth-order valence-electron chi connectivity index (χ4n) is 1.22. The lowest BCUT2D eigenvalue weighted by Gasteiger charge is -2.21. The van der Waals surface area contributed by atoms with Crippen molar-refractivity contribution < 1.29 is 14.6 Å². The van der Waals surface area contributed by atoms with Crippen molar-refractivity contribution in [3.63, 3.8) is 0 Å². The SMILES string of the molecule is COC(C)(C)CC(=O)Nc1ncc(C#CCCO)s1. The molecule has 0 aromatic carbocycles. The second kappa shape index (κ2) is 7.24. The maximum absolute atomic E-state index is 11.8. The third-order valence-corrected chi connectivity index (χ3v) is 3.17. The number of thiazole rings is 1. The Hall–Kier alpha value is -1.42. The maximum Gasteiger partial charge on any atom is 0.229 e. The third kappa shape index (κ3) is 5.83. The largest absolute Gasteiger partial charge is 0.395 e. The van der Waals surface area contributed by atoms with E-state index in [0.29, 0.717) is 11.6 Å². The van der Waals surface area contributed by atoms with Gasteiger partial charge >= 0.3 is 0 Å². The monoisotopic (exact) mass is 282 g/mol. The summed E-state index contributed by atoms with van der Waals surface area (Å²) in [6.07, 6.45) is 2.29. The van der Waals surface area contributed by atoms with Gasteiger partial charge in [-0.2, -0.15) is 0 Å². The van der Waals surface area contributed by atoms with Gasteiger partial charge in [-0.25, -0.2) is 4.98 Å². The summed E-state index contributed by atoms with van der Waals surface area (Å²) in [7, 11) is 1.57. The summed E-state index contributed by atoms with van der Waals surface area (Å²) in [6.45, 7) is 3.74. The van der Waals surface area contributed by atoms with Gasteiger partial charge in [-0.05, 0) is 13.8 Å². The van der Waals surface area contributed by atoms with Crippen molar-refractivity contribution in [1.29, 1.82) is 0 Å². The summed E-state index contributed by atoms with van der Waals surface area (Å²) >= 11 is 1.31. The number of aromatic nitrogens is 1. The number of hydrogen-bond donors (Lipinski definition) is 2. The zero-order valence-electron chi connectivity index (χ0n) is 11.3. The Morgan fingerprint density at radius 1 is 1.63 bits per heavy atom. The van der Waals surface area contributed by atoms with E-state index < -0.39 is 5.60 Å². The molecule has 0 aliphatic heterocycles. The summed E-state index contributed by atoms with van der Waals surface area (Å²) in [6, 6.07) is 0. The predicted molar refractivity (Wildman–Crippen MR) is 75.0 cm³/mol. The molecule has 1 aromatic rings. The Balaban J connectivity index is 2.55. The lowest BCUT2D eigenvalue weighted by atomic mass is 10.1. The molecule has 0 aliphatic carbocycles. The minimum atomic E-state index is -0.495. The molecule has 0 aliphatic rings. The number of nitrogens with zero attached hydrogens (tertiary/aromatic N) is 1. The van der Waals surface area contributed by atoms with Crippen molar-refractivity contribution >= 4 is 22.4 Å². The van der Waals surface area contributed by atoms with Gasteiger partial charge in [0, 0.05) is 13.5 Å². The first-order chi connectivity index (χ1) is 8.96. The molecule has 0 saturated heterocycles. The lowest BCUT2D eigenvalue weighted by molar-refractivity contribution is -0.121. The number of hydrogen-bond acceptors (Lipinski definition) is 5. The second-order valence-electron chi connectivity index (χ2n) is 4.49. The van der Waals surface area contributed by atoms with Crippen LogP contribution in [0.1, 0.15) is 31.6 Å². The van der Waals surface area contributed by atoms with Crippen LogP contribution in [0.4, 0.5) is 5.13 Å². The zero-order valence-corrected chi connectivity index (χ0v) is 12.1. The highest BCUT2D eigenvalue weighted by Crippen LogP contribution is 2.19. The number of aliphatic hydroxyl groups excluding tert-OH is 1. The first-order valence-electron chi connectivity index (χ1n) is 5.87. The van der Waals surface area contributed by atoms with Crippen LogP contribution in [-0.4, -0.2) is 35.3 Å². The van der Waals surface area contributed by atoms with Crippen LogP contribution < -0.4 is 5.32 Å². The number of amides is 1. The molecule has 0 atom stereocenters. The molecule has 5 nitrogen and oxygen atoms in total. The molecule has 0 spiro atoms. The van der Waals surface area contributed by atoms with Crippen LogP contribution in [-0.2, 0) is 9.53 Å². The molecule has 1 rings (SSSR count). The fourth-order valence-corrected chi connectivity index (χ4v) is 1.92. The average molecular weight is 282 g/mol. The van der Waals surface area contributed by atoms with Crippen LogP contribution in [0.15, 0.2) is 6.20 Å². The van der Waals surface area contributed by atoms with Crippen molar-refractivity contribution in [3.05, 3.63) is 11.1 Å². The molecule has 0 bridgehead atoms. The van der Waals surface area contributed by atoms with Gasteiger partial charge in [0.25, 0.3) is 0 Å². The van der Waals surface area contributed by atoms with Crippen LogP contribution in [0, 0.1) is 11.8 Å².